The second-order valence-corrected chi connectivity index (χ2v) is 5.87. The van der Waals surface area contributed by atoms with Gasteiger partial charge in [-0.1, -0.05) is 6.92 Å². The smallest absolute Gasteiger partial charge is 0.134 e. The highest BCUT2D eigenvalue weighted by Gasteiger charge is 2.05. The average Bonchev–Trinajstić information content (AvgIpc) is 3.00. The molecule has 5 heteroatoms. The molecule has 21 heavy (non-hydrogen) atoms. The predicted octanol–water partition coefficient (Wildman–Crippen LogP) is 3.87. The van der Waals surface area contributed by atoms with Gasteiger partial charge in [0.05, 0.1) is 13.7 Å². The molecule has 0 bridgehead atoms. The van der Waals surface area contributed by atoms with Crippen molar-refractivity contribution in [1.29, 1.82) is 0 Å². The zero-order valence-electron chi connectivity index (χ0n) is 12.1. The van der Waals surface area contributed by atoms with Crippen molar-refractivity contribution < 1.29 is 4.74 Å². The Morgan fingerprint density at radius 2 is 2.14 bits per heavy atom. The monoisotopic (exact) mass is 299 g/mol. The van der Waals surface area contributed by atoms with Crippen LogP contribution < -0.4 is 10.1 Å². The molecule has 0 unspecified atom stereocenters. The number of benzene rings is 1. The molecule has 0 fully saturated rings. The number of aromatic nitrogens is 2. The molecule has 0 aliphatic rings. The lowest BCUT2D eigenvalue weighted by atomic mass is 10.1. The van der Waals surface area contributed by atoms with Crippen LogP contribution >= 0.6 is 11.3 Å². The summed E-state index contributed by atoms with van der Waals surface area (Å²) in [5, 5.41) is 6.66. The highest BCUT2D eigenvalue weighted by Crippen LogP contribution is 2.26. The fraction of sp³-hybridized carbons (Fsp3) is 0.250. The molecule has 2 heterocycles. The molecule has 0 saturated carbocycles. The average molecular weight is 299 g/mol. The number of pyridine rings is 1. The van der Waals surface area contributed by atoms with Crippen molar-refractivity contribution >= 4 is 27.9 Å². The highest BCUT2D eigenvalue weighted by atomic mass is 32.1. The normalized spacial score (nSPS) is 10.8. The predicted molar refractivity (Wildman–Crippen MR) is 87.1 cm³/mol. The lowest BCUT2D eigenvalue weighted by Gasteiger charge is -2.08. The van der Waals surface area contributed by atoms with Crippen LogP contribution in [0, 0.1) is 0 Å². The van der Waals surface area contributed by atoms with E-state index in [9.17, 15) is 0 Å². The van der Waals surface area contributed by atoms with Crippen LogP contribution in [0.15, 0.2) is 36.7 Å². The number of thiazole rings is 1. The number of hydrogen-bond donors (Lipinski definition) is 1. The van der Waals surface area contributed by atoms with E-state index in [4.69, 9.17) is 4.74 Å². The van der Waals surface area contributed by atoms with Crippen LogP contribution in [-0.4, -0.2) is 17.1 Å². The fourth-order valence-corrected chi connectivity index (χ4v) is 2.98. The number of aryl methyl sites for hydroxylation is 1. The molecular weight excluding hydrogens is 282 g/mol. The molecule has 0 aliphatic heterocycles. The number of methoxy groups -OCH3 is 1. The lowest BCUT2D eigenvalue weighted by molar-refractivity contribution is 0.415. The Labute approximate surface area is 127 Å². The molecule has 0 radical (unpaired) electrons. The minimum absolute atomic E-state index is 0.697. The topological polar surface area (TPSA) is 47.0 Å². The molecule has 1 aromatic carbocycles. The van der Waals surface area contributed by atoms with Gasteiger partial charge in [-0.05, 0) is 36.1 Å². The van der Waals surface area contributed by atoms with Crippen LogP contribution in [0.2, 0.25) is 0 Å². The van der Waals surface area contributed by atoms with E-state index in [-0.39, 0.29) is 0 Å². The number of ether oxygens (including phenoxy) is 1. The quantitative estimate of drug-likeness (QED) is 0.777. The van der Waals surface area contributed by atoms with Crippen LogP contribution in [0.1, 0.15) is 16.8 Å². The molecule has 0 amide bonds. The van der Waals surface area contributed by atoms with Crippen molar-refractivity contribution in [3.8, 4) is 5.75 Å². The first-order chi connectivity index (χ1) is 10.3. The summed E-state index contributed by atoms with van der Waals surface area (Å²) >= 11 is 1.74. The highest BCUT2D eigenvalue weighted by molar-refractivity contribution is 7.11. The second kappa shape index (κ2) is 6.10. The maximum absolute atomic E-state index is 5.26. The molecule has 108 valence electrons. The zero-order valence-corrected chi connectivity index (χ0v) is 12.9. The van der Waals surface area contributed by atoms with Crippen molar-refractivity contribution in [1.82, 2.24) is 9.97 Å². The van der Waals surface area contributed by atoms with E-state index in [1.807, 2.05) is 36.7 Å². The summed E-state index contributed by atoms with van der Waals surface area (Å²) in [5.41, 5.74) is 0. The Morgan fingerprint density at radius 3 is 2.90 bits per heavy atom. The Balaban J connectivity index is 1.83. The van der Waals surface area contributed by atoms with Gasteiger partial charge < -0.3 is 10.1 Å². The van der Waals surface area contributed by atoms with Gasteiger partial charge in [0.15, 0.2) is 0 Å². The number of fused-ring (bicyclic) bond motifs is 1. The van der Waals surface area contributed by atoms with Gasteiger partial charge in [-0.3, -0.25) is 0 Å². The van der Waals surface area contributed by atoms with Crippen LogP contribution in [-0.2, 0) is 13.0 Å². The van der Waals surface area contributed by atoms with Crippen LogP contribution in [0.25, 0.3) is 10.8 Å². The Kier molecular flexibility index (Phi) is 4.01. The van der Waals surface area contributed by atoms with Crippen molar-refractivity contribution in [3.05, 3.63) is 46.5 Å². The molecule has 0 aliphatic carbocycles. The summed E-state index contributed by atoms with van der Waals surface area (Å²) in [5.74, 6) is 1.73. The second-order valence-electron chi connectivity index (χ2n) is 4.67. The Bertz CT molecular complexity index is 754. The third kappa shape index (κ3) is 2.97. The largest absolute Gasteiger partial charge is 0.497 e. The third-order valence-corrected chi connectivity index (χ3v) is 4.47. The van der Waals surface area contributed by atoms with Crippen molar-refractivity contribution in [2.75, 3.05) is 12.4 Å². The van der Waals surface area contributed by atoms with E-state index in [1.165, 1.54) is 4.88 Å². The van der Waals surface area contributed by atoms with Crippen LogP contribution in [0.4, 0.5) is 5.82 Å². The molecule has 0 atom stereocenters. The fourth-order valence-electron chi connectivity index (χ4n) is 2.18. The van der Waals surface area contributed by atoms with Gasteiger partial charge in [0.2, 0.25) is 0 Å². The third-order valence-electron chi connectivity index (χ3n) is 3.33. The van der Waals surface area contributed by atoms with Crippen LogP contribution in [0.5, 0.6) is 5.75 Å². The number of hydrogen-bond acceptors (Lipinski definition) is 5. The molecule has 3 rings (SSSR count). The van der Waals surface area contributed by atoms with E-state index in [0.29, 0.717) is 6.54 Å². The molecule has 1 N–H and O–H groups in total. The van der Waals surface area contributed by atoms with Gasteiger partial charge in [-0.2, -0.15) is 0 Å². The standard InChI is InChI=1S/C16H17N3OS/c1-3-13-9-18-15(21-13)10-19-16-14-5-4-12(20-2)8-11(14)6-7-17-16/h4-9H,3,10H2,1-2H3,(H,17,19). The van der Waals surface area contributed by atoms with Gasteiger partial charge in [0, 0.05) is 22.7 Å². The first-order valence-corrected chi connectivity index (χ1v) is 7.72. The summed E-state index contributed by atoms with van der Waals surface area (Å²) in [6.45, 7) is 2.84. The minimum Gasteiger partial charge on any atom is -0.497 e. The van der Waals surface area contributed by atoms with Gasteiger partial charge in [0.1, 0.15) is 16.6 Å². The molecule has 2 aromatic heterocycles. The lowest BCUT2D eigenvalue weighted by Crippen LogP contribution is -2.01. The van der Waals surface area contributed by atoms with E-state index in [2.05, 4.69) is 22.2 Å². The maximum atomic E-state index is 5.26. The number of rotatable bonds is 5. The summed E-state index contributed by atoms with van der Waals surface area (Å²) in [6, 6.07) is 7.99. The number of anilines is 1. The van der Waals surface area contributed by atoms with E-state index >= 15 is 0 Å². The van der Waals surface area contributed by atoms with Crippen LogP contribution in [0.3, 0.4) is 0 Å². The molecular formula is C16H17N3OS. The molecule has 4 nitrogen and oxygen atoms in total. The maximum Gasteiger partial charge on any atom is 0.134 e. The summed E-state index contributed by atoms with van der Waals surface area (Å²) in [4.78, 5) is 10.2. The van der Waals surface area contributed by atoms with Gasteiger partial charge in [-0.25, -0.2) is 9.97 Å². The summed E-state index contributed by atoms with van der Waals surface area (Å²) < 4.78 is 5.26. The number of nitrogens with one attached hydrogen (secondary N) is 1. The van der Waals surface area contributed by atoms with Gasteiger partial charge in [-0.15, -0.1) is 11.3 Å². The summed E-state index contributed by atoms with van der Waals surface area (Å²) in [7, 11) is 1.68. The minimum atomic E-state index is 0.697. The van der Waals surface area contributed by atoms with E-state index in [1.54, 1.807) is 18.4 Å². The zero-order chi connectivity index (χ0) is 14.7. The first-order valence-electron chi connectivity index (χ1n) is 6.90. The Hall–Kier alpha value is -2.14. The van der Waals surface area contributed by atoms with E-state index in [0.717, 1.165) is 33.8 Å². The summed E-state index contributed by atoms with van der Waals surface area (Å²) in [6.07, 6.45) is 4.79. The molecule has 3 aromatic rings. The van der Waals surface area contributed by atoms with Crippen molar-refractivity contribution in [3.63, 3.8) is 0 Å². The number of nitrogens with zero attached hydrogens (tertiary/aromatic N) is 2. The molecule has 0 spiro atoms. The van der Waals surface area contributed by atoms with Crippen molar-refractivity contribution in [2.24, 2.45) is 0 Å². The Morgan fingerprint density at radius 1 is 1.24 bits per heavy atom. The van der Waals surface area contributed by atoms with Crippen molar-refractivity contribution in [2.45, 2.75) is 19.9 Å². The molecule has 0 saturated heterocycles. The van der Waals surface area contributed by atoms with Gasteiger partial charge >= 0.3 is 0 Å². The SMILES string of the molecule is CCc1cnc(CNc2nccc3cc(OC)ccc23)s1. The van der Waals surface area contributed by atoms with E-state index < -0.39 is 0 Å². The van der Waals surface area contributed by atoms with Gasteiger partial charge in [0.25, 0.3) is 0 Å². The first kappa shape index (κ1) is 13.8.